The van der Waals surface area contributed by atoms with Gasteiger partial charge in [0.05, 0.1) is 11.4 Å². The summed E-state index contributed by atoms with van der Waals surface area (Å²) in [5.41, 5.74) is 3.10. The number of aromatic nitrogens is 4. The van der Waals surface area contributed by atoms with E-state index in [0.29, 0.717) is 11.5 Å². The summed E-state index contributed by atoms with van der Waals surface area (Å²) >= 11 is 1.55. The van der Waals surface area contributed by atoms with Crippen LogP contribution in [0.15, 0.2) is 53.9 Å². The van der Waals surface area contributed by atoms with Gasteiger partial charge in [0.1, 0.15) is 5.78 Å². The first-order chi connectivity index (χ1) is 15.6. The van der Waals surface area contributed by atoms with Gasteiger partial charge in [-0.2, -0.15) is 0 Å². The molecule has 4 aliphatic carbocycles. The molecule has 0 unspecified atom stereocenters. The third-order valence-corrected chi connectivity index (χ3v) is 8.82. The highest BCUT2D eigenvalue weighted by Gasteiger charge is 2.54. The fourth-order valence-electron chi connectivity index (χ4n) is 6.82. The minimum absolute atomic E-state index is 0.0663. The highest BCUT2D eigenvalue weighted by molar-refractivity contribution is 7.99. The Morgan fingerprint density at radius 2 is 1.66 bits per heavy atom. The third kappa shape index (κ3) is 3.40. The van der Waals surface area contributed by atoms with Crippen LogP contribution in [0.4, 0.5) is 0 Å². The second-order valence-electron chi connectivity index (χ2n) is 10.1. The van der Waals surface area contributed by atoms with Crippen LogP contribution in [0, 0.1) is 30.1 Å². The first-order valence-corrected chi connectivity index (χ1v) is 12.7. The van der Waals surface area contributed by atoms with E-state index in [1.807, 2.05) is 24.3 Å². The molecule has 0 radical (unpaired) electrons. The fourth-order valence-corrected chi connectivity index (χ4v) is 7.80. The lowest BCUT2D eigenvalue weighted by Crippen LogP contribution is -2.50. The lowest BCUT2D eigenvalue weighted by Gasteiger charge is -2.56. The van der Waals surface area contributed by atoms with Crippen LogP contribution in [0.2, 0.25) is 0 Å². The predicted octanol–water partition coefficient (Wildman–Crippen LogP) is 5.52. The number of rotatable bonds is 6. The number of Topliss-reactive ketones (excluding diaryl/α,β-unsaturated/α-hetero) is 1. The maximum absolute atomic E-state index is 13.6. The number of aryl methyl sites for hydroxylation is 1. The maximum Gasteiger partial charge on any atom is 0.196 e. The molecule has 0 amide bonds. The number of nitrogens with zero attached hydrogens (tertiary/aromatic N) is 4. The average Bonchev–Trinajstić information content (AvgIpc) is 3.21. The van der Waals surface area contributed by atoms with Crippen LogP contribution in [0.25, 0.3) is 17.1 Å². The molecular formula is C26H28N4OS. The Bertz CT molecular complexity index is 1120. The number of pyridine rings is 1. The summed E-state index contributed by atoms with van der Waals surface area (Å²) < 4.78 is 2.10. The molecule has 4 saturated carbocycles. The molecular weight excluding hydrogens is 416 g/mol. The van der Waals surface area contributed by atoms with Gasteiger partial charge in [0.15, 0.2) is 11.0 Å². The number of para-hydroxylation sites is 1. The summed E-state index contributed by atoms with van der Waals surface area (Å²) in [7, 11) is 0. The summed E-state index contributed by atoms with van der Waals surface area (Å²) in [6.07, 6.45) is 11.0. The minimum Gasteiger partial charge on any atom is -0.298 e. The van der Waals surface area contributed by atoms with Crippen molar-refractivity contribution in [3.05, 3.63) is 54.4 Å². The number of thioether (sulfide) groups is 1. The molecule has 4 bridgehead atoms. The number of carbonyl (C=O) groups is 1. The van der Waals surface area contributed by atoms with Gasteiger partial charge in [-0.1, -0.05) is 30.0 Å². The lowest BCUT2D eigenvalue weighted by atomic mass is 9.48. The molecule has 32 heavy (non-hydrogen) atoms. The first kappa shape index (κ1) is 20.2. The summed E-state index contributed by atoms with van der Waals surface area (Å²) in [5, 5.41) is 9.84. The highest BCUT2D eigenvalue weighted by Crippen LogP contribution is 2.60. The molecule has 0 saturated heterocycles. The molecule has 164 valence electrons. The first-order valence-electron chi connectivity index (χ1n) is 11.7. The van der Waals surface area contributed by atoms with Crippen molar-refractivity contribution in [2.45, 2.75) is 50.6 Å². The molecule has 0 spiro atoms. The van der Waals surface area contributed by atoms with E-state index < -0.39 is 0 Å². The van der Waals surface area contributed by atoms with E-state index in [9.17, 15) is 4.79 Å². The number of hydrogen-bond donors (Lipinski definition) is 0. The van der Waals surface area contributed by atoms with Crippen LogP contribution in [0.5, 0.6) is 0 Å². The summed E-state index contributed by atoms with van der Waals surface area (Å²) in [6, 6.07) is 12.2. The van der Waals surface area contributed by atoms with Crippen LogP contribution in [-0.4, -0.2) is 31.3 Å². The van der Waals surface area contributed by atoms with Gasteiger partial charge in [-0.05, 0) is 87.0 Å². The van der Waals surface area contributed by atoms with Crippen molar-refractivity contribution in [3.63, 3.8) is 0 Å². The zero-order valence-electron chi connectivity index (χ0n) is 18.4. The van der Waals surface area contributed by atoms with Crippen molar-refractivity contribution in [2.24, 2.45) is 23.2 Å². The number of ketones is 1. The molecule has 4 aliphatic rings. The second kappa shape index (κ2) is 7.84. The van der Waals surface area contributed by atoms with Crippen molar-refractivity contribution in [1.82, 2.24) is 19.7 Å². The largest absolute Gasteiger partial charge is 0.298 e. The van der Waals surface area contributed by atoms with Gasteiger partial charge in [-0.3, -0.25) is 14.3 Å². The van der Waals surface area contributed by atoms with Gasteiger partial charge in [0.25, 0.3) is 0 Å². The smallest absolute Gasteiger partial charge is 0.196 e. The quantitative estimate of drug-likeness (QED) is 0.469. The zero-order chi connectivity index (χ0) is 21.7. The normalized spacial score (nSPS) is 28.2. The molecule has 4 fully saturated rings. The Hall–Kier alpha value is -2.47. The van der Waals surface area contributed by atoms with E-state index in [4.69, 9.17) is 0 Å². The Morgan fingerprint density at radius 1 is 1.00 bits per heavy atom. The molecule has 0 atom stereocenters. The summed E-state index contributed by atoms with van der Waals surface area (Å²) in [6.45, 7) is 2.10. The molecule has 3 aromatic rings. The van der Waals surface area contributed by atoms with Crippen LogP contribution in [0.1, 0.15) is 44.1 Å². The van der Waals surface area contributed by atoms with Crippen molar-refractivity contribution in [1.29, 1.82) is 0 Å². The summed E-state index contributed by atoms with van der Waals surface area (Å²) in [4.78, 5) is 17.7. The average molecular weight is 445 g/mol. The van der Waals surface area contributed by atoms with Crippen LogP contribution in [0.3, 0.4) is 0 Å². The van der Waals surface area contributed by atoms with Crippen LogP contribution < -0.4 is 0 Å². The molecule has 0 N–H and O–H groups in total. The van der Waals surface area contributed by atoms with Crippen LogP contribution >= 0.6 is 11.8 Å². The molecule has 2 heterocycles. The van der Waals surface area contributed by atoms with Crippen LogP contribution in [-0.2, 0) is 4.79 Å². The SMILES string of the molecule is Cc1ccccc1-n1c(SCC(=O)C23CC4CC(CC(C4)C2)C3)nnc1-c1ccncc1. The van der Waals surface area contributed by atoms with E-state index in [1.165, 1.54) is 19.3 Å². The highest BCUT2D eigenvalue weighted by atomic mass is 32.2. The van der Waals surface area contributed by atoms with Crippen molar-refractivity contribution in [2.75, 3.05) is 5.75 Å². The molecule has 6 heteroatoms. The van der Waals surface area contributed by atoms with Crippen molar-refractivity contribution in [3.8, 4) is 17.1 Å². The Balaban J connectivity index is 1.31. The molecule has 1 aromatic carbocycles. The Morgan fingerprint density at radius 3 is 2.31 bits per heavy atom. The van der Waals surface area contributed by atoms with E-state index in [-0.39, 0.29) is 5.41 Å². The molecule has 7 rings (SSSR count). The van der Waals surface area contributed by atoms with E-state index in [1.54, 1.807) is 24.2 Å². The van der Waals surface area contributed by atoms with Crippen molar-refractivity contribution >= 4 is 17.5 Å². The third-order valence-electron chi connectivity index (χ3n) is 7.89. The second-order valence-corrected chi connectivity index (χ2v) is 11.0. The Labute approximate surface area is 193 Å². The summed E-state index contributed by atoms with van der Waals surface area (Å²) in [5.74, 6) is 4.04. The maximum atomic E-state index is 13.6. The predicted molar refractivity (Wildman–Crippen MR) is 126 cm³/mol. The lowest BCUT2D eigenvalue weighted by molar-refractivity contribution is -0.141. The fraction of sp³-hybridized carbons (Fsp3) is 0.462. The number of hydrogen-bond acceptors (Lipinski definition) is 5. The monoisotopic (exact) mass is 444 g/mol. The van der Waals surface area contributed by atoms with E-state index >= 15 is 0 Å². The van der Waals surface area contributed by atoms with Gasteiger partial charge < -0.3 is 0 Å². The Kier molecular flexibility index (Phi) is 4.94. The minimum atomic E-state index is -0.0663. The van der Waals surface area contributed by atoms with Crippen molar-refractivity contribution < 1.29 is 4.79 Å². The standard InChI is InChI=1S/C26H28N4OS/c1-17-4-2-3-5-22(17)30-24(21-6-8-27-9-7-21)28-29-25(30)32-16-23(31)26-13-18-10-19(14-26)12-20(11-18)15-26/h2-9,18-20H,10-16H2,1H3. The molecule has 0 aliphatic heterocycles. The number of carbonyl (C=O) groups excluding carboxylic acids is 1. The van der Waals surface area contributed by atoms with Gasteiger partial charge in [0.2, 0.25) is 0 Å². The topological polar surface area (TPSA) is 60.7 Å². The zero-order valence-corrected chi connectivity index (χ0v) is 19.2. The van der Waals surface area contributed by atoms with Gasteiger partial charge in [-0.25, -0.2) is 0 Å². The van der Waals surface area contributed by atoms with E-state index in [0.717, 1.165) is 64.8 Å². The van der Waals surface area contributed by atoms with Gasteiger partial charge in [-0.15, -0.1) is 10.2 Å². The van der Waals surface area contributed by atoms with Gasteiger partial charge in [0, 0.05) is 23.4 Å². The molecule has 5 nitrogen and oxygen atoms in total. The number of benzene rings is 1. The van der Waals surface area contributed by atoms with E-state index in [2.05, 4.69) is 38.8 Å². The molecule has 2 aromatic heterocycles. The van der Waals surface area contributed by atoms with Gasteiger partial charge >= 0.3 is 0 Å².